The second kappa shape index (κ2) is 40.1. The van der Waals surface area contributed by atoms with Gasteiger partial charge in [0.15, 0.2) is 50.3 Å². The summed E-state index contributed by atoms with van der Waals surface area (Å²) in [7, 11) is 28.8. The molecule has 594 valence electrons. The zero-order valence-electron chi connectivity index (χ0n) is 62.4. The van der Waals surface area contributed by atoms with Gasteiger partial charge in [-0.1, -0.05) is 30.3 Å². The summed E-state index contributed by atoms with van der Waals surface area (Å²) in [5.74, 6) is 0. The van der Waals surface area contributed by atoms with Crippen LogP contribution in [0.25, 0.3) is 0 Å². The number of methoxy groups -OCH3 is 19. The minimum absolute atomic E-state index is 0.0407. The van der Waals surface area contributed by atoms with Crippen LogP contribution in [0.2, 0.25) is 0 Å². The fourth-order valence-corrected chi connectivity index (χ4v) is 15.7. The van der Waals surface area contributed by atoms with Crippen LogP contribution in [0, 0.1) is 0 Å². The van der Waals surface area contributed by atoms with Gasteiger partial charge in [-0.2, -0.15) is 0 Å². The second-order valence-corrected chi connectivity index (χ2v) is 26.0. The van der Waals surface area contributed by atoms with Crippen molar-refractivity contribution in [2.45, 2.75) is 221 Å². The molecule has 0 amide bonds. The third kappa shape index (κ3) is 17.9. The maximum absolute atomic E-state index is 7.24. The molecule has 24 fully saturated rings. The Morgan fingerprint density at radius 3 is 0.660 bits per heavy atom. The van der Waals surface area contributed by atoms with Crippen molar-refractivity contribution in [2.75, 3.05) is 181 Å². The summed E-state index contributed by atoms with van der Waals surface area (Å²) >= 11 is 0. The highest BCUT2D eigenvalue weighted by Crippen LogP contribution is 2.45. The molecule has 35 nitrogen and oxygen atoms in total. The highest BCUT2D eigenvalue weighted by atomic mass is 16.8. The van der Waals surface area contributed by atoms with Crippen LogP contribution in [0.15, 0.2) is 30.3 Å². The topological polar surface area (TPSA) is 323 Å². The first kappa shape index (κ1) is 83.3. The lowest BCUT2D eigenvalue weighted by Crippen LogP contribution is -2.70. The molecule has 0 aromatic heterocycles. The van der Waals surface area contributed by atoms with Gasteiger partial charge in [0.05, 0.1) is 46.2 Å². The summed E-state index contributed by atoms with van der Waals surface area (Å²) in [4.78, 5) is 0. The van der Waals surface area contributed by atoms with Gasteiger partial charge in [-0.05, 0) is 0 Å². The van der Waals surface area contributed by atoms with E-state index in [1.165, 1.54) is 135 Å². The zero-order valence-corrected chi connectivity index (χ0v) is 62.4. The number of benzene rings is 1. The lowest BCUT2D eigenvalue weighted by atomic mass is 9.94. The van der Waals surface area contributed by atoms with Gasteiger partial charge in [-0.25, -0.2) is 0 Å². The fraction of sp³-hybridized carbons (Fsp3) is 0.912. The fourth-order valence-electron chi connectivity index (χ4n) is 15.7. The van der Waals surface area contributed by atoms with Crippen LogP contribution in [0.5, 0.6) is 0 Å². The molecule has 0 saturated carbocycles. The molecule has 0 aliphatic carbocycles. The molecule has 1 unspecified atom stereocenters. The van der Waals surface area contributed by atoms with E-state index >= 15 is 0 Å². The minimum atomic E-state index is -1.28. The average molecular weight is 1490 g/mol. The monoisotopic (exact) mass is 1490 g/mol. The second-order valence-electron chi connectivity index (χ2n) is 26.0. The van der Waals surface area contributed by atoms with E-state index in [0.29, 0.717) is 5.56 Å². The molecule has 35 heteroatoms. The minimum Gasteiger partial charge on any atom is -0.382 e. The molecule has 1 aromatic rings. The third-order valence-corrected chi connectivity index (χ3v) is 20.4. The van der Waals surface area contributed by atoms with Gasteiger partial charge in [0.25, 0.3) is 0 Å². The van der Waals surface area contributed by atoms with Gasteiger partial charge in [-0.15, -0.1) is 0 Å². The summed E-state index contributed by atoms with van der Waals surface area (Å²) in [6.07, 6.45) is -38.1. The molecular formula is C68H112O35. The van der Waals surface area contributed by atoms with Gasteiger partial charge in [0.1, 0.15) is 171 Å². The van der Waals surface area contributed by atoms with Crippen molar-refractivity contribution in [1.82, 2.24) is 0 Å². The first-order valence-electron chi connectivity index (χ1n) is 34.5. The lowest BCUT2D eigenvalue weighted by molar-refractivity contribution is -0.430. The van der Waals surface area contributed by atoms with Crippen molar-refractivity contribution < 1.29 is 166 Å². The van der Waals surface area contributed by atoms with Gasteiger partial charge in [-0.3, -0.25) is 0 Å². The maximum Gasteiger partial charge on any atom is 0.187 e. The normalized spacial score (nSPS) is 45.6. The molecule has 25 rings (SSSR count). The van der Waals surface area contributed by atoms with E-state index in [4.69, 9.17) is 166 Å². The first-order valence-corrected chi connectivity index (χ1v) is 34.5. The van der Waals surface area contributed by atoms with Crippen LogP contribution < -0.4 is 0 Å². The van der Waals surface area contributed by atoms with E-state index in [-0.39, 0.29) is 46.2 Å². The molecule has 0 N–H and O–H groups in total. The molecule has 36 atom stereocenters. The Labute approximate surface area is 602 Å². The van der Waals surface area contributed by atoms with Crippen LogP contribution in [-0.2, 0) is 166 Å². The smallest absolute Gasteiger partial charge is 0.187 e. The van der Waals surface area contributed by atoms with E-state index < -0.39 is 221 Å². The predicted molar refractivity (Wildman–Crippen MR) is 346 cm³/mol. The van der Waals surface area contributed by atoms with Gasteiger partial charge < -0.3 is 166 Å². The Morgan fingerprint density at radius 2 is 0.408 bits per heavy atom. The van der Waals surface area contributed by atoms with Crippen molar-refractivity contribution in [3.63, 3.8) is 0 Å². The van der Waals surface area contributed by atoms with Crippen molar-refractivity contribution in [3.8, 4) is 0 Å². The molecular weight excluding hydrogens is 1380 g/mol. The Kier molecular flexibility index (Phi) is 32.5. The number of hydrogen-bond donors (Lipinski definition) is 0. The maximum atomic E-state index is 7.24. The molecule has 1 aromatic carbocycles. The number of rotatable bonds is 27. The zero-order chi connectivity index (χ0) is 73.6. The molecule has 16 bridgehead atoms. The van der Waals surface area contributed by atoms with E-state index in [0.717, 1.165) is 0 Å². The van der Waals surface area contributed by atoms with Crippen LogP contribution in [0.4, 0.5) is 0 Å². The largest absolute Gasteiger partial charge is 0.382 e. The summed E-state index contributed by atoms with van der Waals surface area (Å²) in [6, 6.07) is 9.35. The summed E-state index contributed by atoms with van der Waals surface area (Å²) in [5.41, 5.74) is 0.615. The van der Waals surface area contributed by atoms with Crippen LogP contribution in [-0.4, -0.2) is 396 Å². The summed E-state index contributed by atoms with van der Waals surface area (Å²) < 4.78 is 230. The van der Waals surface area contributed by atoms with E-state index in [1.807, 2.05) is 30.3 Å². The lowest BCUT2D eigenvalue weighted by Gasteiger charge is -2.54. The Bertz CT molecular complexity index is 2560. The predicted octanol–water partition coefficient (Wildman–Crippen LogP) is -0.0417. The van der Waals surface area contributed by atoms with Crippen molar-refractivity contribution in [1.29, 1.82) is 0 Å². The van der Waals surface area contributed by atoms with Gasteiger partial charge in [0.2, 0.25) is 0 Å². The molecule has 103 heavy (non-hydrogen) atoms. The van der Waals surface area contributed by atoms with Crippen LogP contribution >= 0.6 is 0 Å². The molecule has 0 spiro atoms. The third-order valence-electron chi connectivity index (χ3n) is 20.4. The van der Waals surface area contributed by atoms with Gasteiger partial charge in [0, 0.05) is 141 Å². The molecule has 0 radical (unpaired) electrons. The molecule has 24 saturated heterocycles. The molecule has 24 heterocycles. The molecule has 24 aliphatic rings. The quantitative estimate of drug-likeness (QED) is 0.112. The highest BCUT2D eigenvalue weighted by Gasteiger charge is 2.63. The first-order chi connectivity index (χ1) is 50.2. The van der Waals surface area contributed by atoms with Crippen molar-refractivity contribution in [2.24, 2.45) is 0 Å². The van der Waals surface area contributed by atoms with Crippen LogP contribution in [0.3, 0.4) is 0 Å². The Balaban J connectivity index is 1.09. The van der Waals surface area contributed by atoms with E-state index in [9.17, 15) is 0 Å². The number of hydrogen-bond acceptors (Lipinski definition) is 35. The average Bonchev–Trinajstić information content (AvgIpc) is 0.762. The van der Waals surface area contributed by atoms with Crippen LogP contribution in [0.1, 0.15) is 11.9 Å². The van der Waals surface area contributed by atoms with Crippen molar-refractivity contribution >= 4 is 0 Å². The SMILES string of the molecule is COC[C@H]1O[C@@H]2O[C@H]3[C@H](OC)[C@@H](OC)[C@@H](O[C@H]4[C@H](OC)[C@@H](OC)[C@@H](O[C@H]5[C@H](OC)[C@H]6OC(c7ccccc7)O[C@@H]7[C@@H](OC)[C@@H](O[C@H]8[C@H](OC)[C@@H](OC)[C@@H](O[C@H]9[C@H](OC)[C@@H](OC)[C@@H](O[C@H]1[C@H](OC)[C@H]2OC)O[C@@H]9COC)O[C@@H]8COC)O[C@H](COC)[C@H]7O[C@H]6O[C@@H]5COC)O[C@@H]4COC)O[C@@H]3COC. The number of ether oxygens (including phenoxy) is 35. The summed E-state index contributed by atoms with van der Waals surface area (Å²) in [5, 5.41) is 0. The van der Waals surface area contributed by atoms with E-state index in [1.54, 1.807) is 0 Å². The van der Waals surface area contributed by atoms with Gasteiger partial charge >= 0.3 is 0 Å². The molecule has 24 aliphatic heterocycles. The standard InChI is InChI=1S/C68H112O35/c1-69-25-33-40-47(76-8)54(82-14)62(88-33)96-41-34(26-70-2)90-64(56(84-16)48(41)77-9)98-43-36(28-72-4)92-66(58(86-18)50(43)79-11)100-45-38(30-74-6)94-68-60(52(45)81-13)103-61(32-23-21-20-22-24-32)102-53-46(101-68)39(31-75-7)93-67(59(53)87-19)99-44-37(29-73-5)91-65(57(85-17)51(44)80-12)97-42-35(27-71-3)89-63(95-40)55(83-15)49(42)78-10/h20-24,33-68H,25-31H2,1-19H3/t33-,34-,35-,36-,37-,38-,39-,40-,41-,42-,43-,44-,45-,46-,47+,48+,49+,50+,51+,52+,53+,54-,55-,56-,57-,58-,59-,60-,61?,62-,63-,64-,65-,66-,67-,68-/m1/s1. The summed E-state index contributed by atoms with van der Waals surface area (Å²) in [6.45, 7) is -0.328. The highest BCUT2D eigenvalue weighted by molar-refractivity contribution is 5.17. The van der Waals surface area contributed by atoms with Crippen molar-refractivity contribution in [3.05, 3.63) is 35.9 Å². The Morgan fingerprint density at radius 1 is 0.194 bits per heavy atom. The van der Waals surface area contributed by atoms with E-state index in [2.05, 4.69) is 0 Å². The Hall–Kier alpha value is -2.18.